The zero-order valence-electron chi connectivity index (χ0n) is 9.84. The number of hydrogen-bond donors (Lipinski definition) is 1. The number of alkyl halides is 1. The molecule has 0 fully saturated rings. The smallest absolute Gasteiger partial charge is 0.225 e. The standard InChI is InChI=1S/C13H14ClN3O/c14-5-4-13(18)16-12-3-1-2-11(8-12)9-17-7-6-15-10-17/h1-3,6-8,10H,4-5,9H2,(H,16,18). The first kappa shape index (κ1) is 12.6. The number of halogens is 1. The predicted molar refractivity (Wildman–Crippen MR) is 71.7 cm³/mol. The van der Waals surface area contributed by atoms with Gasteiger partial charge in [0, 0.05) is 36.9 Å². The summed E-state index contributed by atoms with van der Waals surface area (Å²) in [5.41, 5.74) is 1.90. The molecule has 0 aliphatic carbocycles. The van der Waals surface area contributed by atoms with Crippen molar-refractivity contribution in [2.24, 2.45) is 0 Å². The summed E-state index contributed by atoms with van der Waals surface area (Å²) >= 11 is 5.52. The number of aromatic nitrogens is 2. The maximum atomic E-state index is 11.4. The van der Waals surface area contributed by atoms with Gasteiger partial charge in [0.05, 0.1) is 6.33 Å². The van der Waals surface area contributed by atoms with E-state index in [1.807, 2.05) is 35.0 Å². The van der Waals surface area contributed by atoms with E-state index < -0.39 is 0 Å². The lowest BCUT2D eigenvalue weighted by molar-refractivity contribution is -0.115. The molecule has 1 aromatic heterocycles. The highest BCUT2D eigenvalue weighted by molar-refractivity contribution is 6.19. The second-order valence-electron chi connectivity index (χ2n) is 3.92. The van der Waals surface area contributed by atoms with Crippen molar-refractivity contribution < 1.29 is 4.79 Å². The molecular formula is C13H14ClN3O. The van der Waals surface area contributed by atoms with E-state index >= 15 is 0 Å². The number of anilines is 1. The molecule has 0 unspecified atom stereocenters. The molecule has 5 heteroatoms. The highest BCUT2D eigenvalue weighted by Gasteiger charge is 2.02. The normalized spacial score (nSPS) is 10.3. The second kappa shape index (κ2) is 6.21. The van der Waals surface area contributed by atoms with Crippen LogP contribution in [0.5, 0.6) is 0 Å². The van der Waals surface area contributed by atoms with Crippen molar-refractivity contribution in [3.8, 4) is 0 Å². The topological polar surface area (TPSA) is 46.9 Å². The molecule has 0 saturated carbocycles. The van der Waals surface area contributed by atoms with Gasteiger partial charge >= 0.3 is 0 Å². The van der Waals surface area contributed by atoms with Crippen molar-refractivity contribution in [3.05, 3.63) is 48.5 Å². The zero-order valence-corrected chi connectivity index (χ0v) is 10.6. The molecule has 0 radical (unpaired) electrons. The maximum absolute atomic E-state index is 11.4. The molecule has 2 aromatic rings. The van der Waals surface area contributed by atoms with Crippen LogP contribution < -0.4 is 5.32 Å². The van der Waals surface area contributed by atoms with E-state index in [0.717, 1.165) is 17.8 Å². The summed E-state index contributed by atoms with van der Waals surface area (Å²) < 4.78 is 1.97. The lowest BCUT2D eigenvalue weighted by atomic mass is 10.2. The van der Waals surface area contributed by atoms with Crippen LogP contribution in [-0.2, 0) is 11.3 Å². The molecule has 1 N–H and O–H groups in total. The lowest BCUT2D eigenvalue weighted by Crippen LogP contribution is -2.11. The first-order valence-corrected chi connectivity index (χ1v) is 6.22. The summed E-state index contributed by atoms with van der Waals surface area (Å²) in [6.45, 7) is 0.735. The summed E-state index contributed by atoms with van der Waals surface area (Å²) in [5.74, 6) is 0.269. The molecule has 4 nitrogen and oxygen atoms in total. The first-order chi connectivity index (χ1) is 8.78. The van der Waals surface area contributed by atoms with Gasteiger partial charge in [-0.3, -0.25) is 4.79 Å². The minimum absolute atomic E-state index is 0.0650. The molecule has 0 saturated heterocycles. The molecule has 94 valence electrons. The molecule has 0 spiro atoms. The SMILES string of the molecule is O=C(CCCl)Nc1cccc(Cn2ccnc2)c1. The fourth-order valence-electron chi connectivity index (χ4n) is 1.65. The van der Waals surface area contributed by atoms with Gasteiger partial charge in [-0.2, -0.15) is 0 Å². The minimum Gasteiger partial charge on any atom is -0.333 e. The first-order valence-electron chi connectivity index (χ1n) is 5.68. The van der Waals surface area contributed by atoms with Gasteiger partial charge in [0.2, 0.25) is 5.91 Å². The number of amides is 1. The number of carbonyl (C=O) groups is 1. The highest BCUT2D eigenvalue weighted by atomic mass is 35.5. The largest absolute Gasteiger partial charge is 0.333 e. The van der Waals surface area contributed by atoms with Crippen LogP contribution in [-0.4, -0.2) is 21.3 Å². The van der Waals surface area contributed by atoms with Crippen molar-refractivity contribution in [1.82, 2.24) is 9.55 Å². The number of imidazole rings is 1. The van der Waals surface area contributed by atoms with Gasteiger partial charge in [-0.05, 0) is 17.7 Å². The van der Waals surface area contributed by atoms with Gasteiger partial charge in [0.1, 0.15) is 0 Å². The van der Waals surface area contributed by atoms with Gasteiger partial charge < -0.3 is 9.88 Å². The third-order valence-corrected chi connectivity index (χ3v) is 2.65. The van der Waals surface area contributed by atoms with Gasteiger partial charge in [-0.1, -0.05) is 12.1 Å². The number of nitrogens with zero attached hydrogens (tertiary/aromatic N) is 2. The Morgan fingerprint density at radius 3 is 3.06 bits per heavy atom. The van der Waals surface area contributed by atoms with Crippen molar-refractivity contribution in [3.63, 3.8) is 0 Å². The molecule has 2 rings (SSSR count). The third kappa shape index (κ3) is 3.60. The number of hydrogen-bond acceptors (Lipinski definition) is 2. The lowest BCUT2D eigenvalue weighted by Gasteiger charge is -2.07. The van der Waals surface area contributed by atoms with Crippen molar-refractivity contribution >= 4 is 23.2 Å². The van der Waals surface area contributed by atoms with Crippen LogP contribution in [0.3, 0.4) is 0 Å². The average Bonchev–Trinajstić information content (AvgIpc) is 2.82. The Bertz CT molecular complexity index is 511. The van der Waals surface area contributed by atoms with Crippen LogP contribution in [0.1, 0.15) is 12.0 Å². The summed E-state index contributed by atoms with van der Waals surface area (Å²) in [4.78, 5) is 15.4. The van der Waals surface area contributed by atoms with E-state index in [9.17, 15) is 4.79 Å². The van der Waals surface area contributed by atoms with E-state index in [4.69, 9.17) is 11.6 Å². The fourth-order valence-corrected chi connectivity index (χ4v) is 1.82. The second-order valence-corrected chi connectivity index (χ2v) is 4.30. The Balaban J connectivity index is 2.03. The predicted octanol–water partition coefficient (Wildman–Crippen LogP) is 2.50. The maximum Gasteiger partial charge on any atom is 0.225 e. The van der Waals surface area contributed by atoms with E-state index in [1.165, 1.54) is 0 Å². The van der Waals surface area contributed by atoms with Gasteiger partial charge in [0.25, 0.3) is 0 Å². The van der Waals surface area contributed by atoms with Gasteiger partial charge in [0.15, 0.2) is 0 Å². The van der Waals surface area contributed by atoms with E-state index in [0.29, 0.717) is 12.3 Å². The summed E-state index contributed by atoms with van der Waals surface area (Å²) in [6, 6.07) is 7.75. The van der Waals surface area contributed by atoms with E-state index in [-0.39, 0.29) is 5.91 Å². The number of benzene rings is 1. The van der Waals surface area contributed by atoms with E-state index in [1.54, 1.807) is 12.5 Å². The molecule has 18 heavy (non-hydrogen) atoms. The Morgan fingerprint density at radius 1 is 1.44 bits per heavy atom. The average molecular weight is 264 g/mol. The minimum atomic E-state index is -0.0650. The van der Waals surface area contributed by atoms with Crippen LogP contribution >= 0.6 is 11.6 Å². The van der Waals surface area contributed by atoms with Crippen LogP contribution in [0.25, 0.3) is 0 Å². The molecule has 1 aromatic carbocycles. The van der Waals surface area contributed by atoms with Crippen LogP contribution in [0.4, 0.5) is 5.69 Å². The molecular weight excluding hydrogens is 250 g/mol. The van der Waals surface area contributed by atoms with Crippen molar-refractivity contribution in [2.45, 2.75) is 13.0 Å². The third-order valence-electron chi connectivity index (χ3n) is 2.46. The summed E-state index contributed by atoms with van der Waals surface area (Å²) in [5, 5.41) is 2.81. The number of nitrogens with one attached hydrogen (secondary N) is 1. The molecule has 0 bridgehead atoms. The summed E-state index contributed by atoms with van der Waals surface area (Å²) in [7, 11) is 0. The van der Waals surface area contributed by atoms with Crippen LogP contribution in [0, 0.1) is 0 Å². The Hall–Kier alpha value is -1.81. The van der Waals surface area contributed by atoms with Crippen LogP contribution in [0.15, 0.2) is 43.0 Å². The number of carbonyl (C=O) groups excluding carboxylic acids is 1. The Kier molecular flexibility index (Phi) is 4.36. The molecule has 1 amide bonds. The zero-order chi connectivity index (χ0) is 12.8. The Labute approximate surface area is 111 Å². The quantitative estimate of drug-likeness (QED) is 0.843. The van der Waals surface area contributed by atoms with Gasteiger partial charge in [-0.15, -0.1) is 11.6 Å². The molecule has 0 aliphatic heterocycles. The van der Waals surface area contributed by atoms with Crippen LogP contribution in [0.2, 0.25) is 0 Å². The fraction of sp³-hybridized carbons (Fsp3) is 0.231. The Morgan fingerprint density at radius 2 is 2.33 bits per heavy atom. The molecule has 1 heterocycles. The molecule has 0 aliphatic rings. The number of rotatable bonds is 5. The van der Waals surface area contributed by atoms with Gasteiger partial charge in [-0.25, -0.2) is 4.98 Å². The monoisotopic (exact) mass is 263 g/mol. The molecule has 0 atom stereocenters. The highest BCUT2D eigenvalue weighted by Crippen LogP contribution is 2.12. The van der Waals surface area contributed by atoms with E-state index in [2.05, 4.69) is 10.3 Å². The van der Waals surface area contributed by atoms with Crippen molar-refractivity contribution in [1.29, 1.82) is 0 Å². The summed E-state index contributed by atoms with van der Waals surface area (Å²) in [6.07, 6.45) is 5.73. The van der Waals surface area contributed by atoms with Crippen molar-refractivity contribution in [2.75, 3.05) is 11.2 Å².